The summed E-state index contributed by atoms with van der Waals surface area (Å²) in [7, 11) is 0. The standard InChI is InChI=1S/C22H28N2O/c1-16(21(23)18-11-6-3-7-12-18)22(25)24-20-14-8-13-19(20)15-17-9-4-2-5-10-17/h2-7,9-12,16,19-21H,8,13-15,23H2,1H3,(H,24,25). The van der Waals surface area contributed by atoms with Crippen molar-refractivity contribution < 1.29 is 4.79 Å². The Hall–Kier alpha value is -2.13. The molecule has 4 atom stereocenters. The van der Waals surface area contributed by atoms with E-state index in [-0.39, 0.29) is 23.9 Å². The molecule has 0 bridgehead atoms. The maximum absolute atomic E-state index is 12.7. The first-order valence-corrected chi connectivity index (χ1v) is 9.30. The molecule has 0 heterocycles. The van der Waals surface area contributed by atoms with Gasteiger partial charge >= 0.3 is 0 Å². The van der Waals surface area contributed by atoms with Gasteiger partial charge in [0.15, 0.2) is 0 Å². The third kappa shape index (κ3) is 4.49. The van der Waals surface area contributed by atoms with Gasteiger partial charge in [0.25, 0.3) is 0 Å². The number of nitrogens with two attached hydrogens (primary N) is 1. The smallest absolute Gasteiger partial charge is 0.224 e. The van der Waals surface area contributed by atoms with E-state index in [4.69, 9.17) is 5.73 Å². The molecule has 0 radical (unpaired) electrons. The number of amides is 1. The van der Waals surface area contributed by atoms with Gasteiger partial charge in [-0.25, -0.2) is 0 Å². The molecule has 3 nitrogen and oxygen atoms in total. The van der Waals surface area contributed by atoms with Crippen LogP contribution in [0.1, 0.15) is 43.4 Å². The van der Waals surface area contributed by atoms with Gasteiger partial charge in [0, 0.05) is 12.1 Å². The third-order valence-electron chi connectivity index (χ3n) is 5.46. The Morgan fingerprint density at radius 3 is 2.40 bits per heavy atom. The second-order valence-electron chi connectivity index (χ2n) is 7.22. The Balaban J connectivity index is 1.59. The van der Waals surface area contributed by atoms with Gasteiger partial charge in [-0.1, -0.05) is 74.0 Å². The van der Waals surface area contributed by atoms with Gasteiger partial charge in [0.1, 0.15) is 0 Å². The third-order valence-corrected chi connectivity index (χ3v) is 5.46. The lowest BCUT2D eigenvalue weighted by Crippen LogP contribution is -2.43. The Morgan fingerprint density at radius 1 is 1.08 bits per heavy atom. The zero-order valence-corrected chi connectivity index (χ0v) is 14.9. The highest BCUT2D eigenvalue weighted by molar-refractivity contribution is 5.79. The normalized spacial score (nSPS) is 22.3. The highest BCUT2D eigenvalue weighted by atomic mass is 16.2. The van der Waals surface area contributed by atoms with E-state index in [1.54, 1.807) is 0 Å². The molecule has 3 N–H and O–H groups in total. The van der Waals surface area contributed by atoms with Crippen molar-refractivity contribution in [1.29, 1.82) is 0 Å². The van der Waals surface area contributed by atoms with Crippen molar-refractivity contribution in [2.24, 2.45) is 17.6 Å². The van der Waals surface area contributed by atoms with Crippen LogP contribution in [0.5, 0.6) is 0 Å². The highest BCUT2D eigenvalue weighted by Gasteiger charge is 2.31. The number of benzene rings is 2. The summed E-state index contributed by atoms with van der Waals surface area (Å²) in [6.07, 6.45) is 4.46. The van der Waals surface area contributed by atoms with Crippen molar-refractivity contribution in [3.8, 4) is 0 Å². The maximum Gasteiger partial charge on any atom is 0.224 e. The van der Waals surface area contributed by atoms with E-state index in [9.17, 15) is 4.79 Å². The molecular formula is C22H28N2O. The lowest BCUT2D eigenvalue weighted by atomic mass is 9.92. The topological polar surface area (TPSA) is 55.1 Å². The van der Waals surface area contributed by atoms with Crippen LogP contribution < -0.4 is 11.1 Å². The average Bonchev–Trinajstić information content (AvgIpc) is 3.08. The van der Waals surface area contributed by atoms with Crippen LogP contribution in [0, 0.1) is 11.8 Å². The molecular weight excluding hydrogens is 308 g/mol. The van der Waals surface area contributed by atoms with Crippen molar-refractivity contribution in [2.45, 2.75) is 44.7 Å². The summed E-state index contributed by atoms with van der Waals surface area (Å²) >= 11 is 0. The SMILES string of the molecule is CC(C(=O)NC1CCCC1Cc1ccccc1)C(N)c1ccccc1. The lowest BCUT2D eigenvalue weighted by molar-refractivity contribution is -0.126. The minimum atomic E-state index is -0.268. The van der Waals surface area contributed by atoms with Gasteiger partial charge in [-0.2, -0.15) is 0 Å². The van der Waals surface area contributed by atoms with Gasteiger partial charge in [-0.3, -0.25) is 4.79 Å². The lowest BCUT2D eigenvalue weighted by Gasteiger charge is -2.25. The molecule has 0 aliphatic heterocycles. The molecule has 4 unspecified atom stereocenters. The first-order chi connectivity index (χ1) is 12.1. The number of carbonyl (C=O) groups excluding carboxylic acids is 1. The molecule has 1 aliphatic rings. The van der Waals surface area contributed by atoms with Crippen molar-refractivity contribution in [2.75, 3.05) is 0 Å². The first kappa shape index (κ1) is 17.7. The Morgan fingerprint density at radius 2 is 1.72 bits per heavy atom. The molecule has 0 spiro atoms. The molecule has 25 heavy (non-hydrogen) atoms. The fourth-order valence-electron chi connectivity index (χ4n) is 3.83. The molecule has 1 fully saturated rings. The molecule has 1 saturated carbocycles. The van der Waals surface area contributed by atoms with Crippen LogP contribution in [-0.4, -0.2) is 11.9 Å². The summed E-state index contributed by atoms with van der Waals surface area (Å²) in [5, 5.41) is 3.28. The van der Waals surface area contributed by atoms with Gasteiger partial charge in [0.05, 0.1) is 5.92 Å². The molecule has 2 aromatic carbocycles. The van der Waals surface area contributed by atoms with E-state index in [0.717, 1.165) is 18.4 Å². The zero-order chi connectivity index (χ0) is 17.6. The Bertz CT molecular complexity index is 671. The van der Waals surface area contributed by atoms with Crippen LogP contribution in [0.25, 0.3) is 0 Å². The second-order valence-corrected chi connectivity index (χ2v) is 7.22. The molecule has 1 amide bonds. The predicted octanol–water partition coefficient (Wildman–Crippen LogP) is 3.85. The summed E-state index contributed by atoms with van der Waals surface area (Å²) in [5.74, 6) is 0.355. The quantitative estimate of drug-likeness (QED) is 0.842. The molecule has 0 aromatic heterocycles. The molecule has 1 aliphatic carbocycles. The fourth-order valence-corrected chi connectivity index (χ4v) is 3.83. The maximum atomic E-state index is 12.7. The summed E-state index contributed by atoms with van der Waals surface area (Å²) < 4.78 is 0. The Kier molecular flexibility index (Phi) is 5.87. The zero-order valence-electron chi connectivity index (χ0n) is 14.9. The monoisotopic (exact) mass is 336 g/mol. The van der Waals surface area contributed by atoms with E-state index in [1.165, 1.54) is 18.4 Å². The molecule has 3 heteroatoms. The Labute approximate surface area is 150 Å². The number of nitrogens with one attached hydrogen (secondary N) is 1. The van der Waals surface area contributed by atoms with E-state index < -0.39 is 0 Å². The molecule has 3 rings (SSSR count). The summed E-state index contributed by atoms with van der Waals surface area (Å²) in [6.45, 7) is 1.92. The van der Waals surface area contributed by atoms with Crippen LogP contribution in [0.3, 0.4) is 0 Å². The number of hydrogen-bond donors (Lipinski definition) is 2. The number of rotatable bonds is 6. The van der Waals surface area contributed by atoms with Gasteiger partial charge in [0.2, 0.25) is 5.91 Å². The number of hydrogen-bond acceptors (Lipinski definition) is 2. The van der Waals surface area contributed by atoms with Crippen molar-refractivity contribution in [3.05, 3.63) is 71.8 Å². The van der Waals surface area contributed by atoms with Gasteiger partial charge in [-0.05, 0) is 36.3 Å². The molecule has 2 aromatic rings. The van der Waals surface area contributed by atoms with E-state index in [2.05, 4.69) is 29.6 Å². The van der Waals surface area contributed by atoms with Crippen molar-refractivity contribution in [3.63, 3.8) is 0 Å². The number of carbonyl (C=O) groups is 1. The van der Waals surface area contributed by atoms with Crippen LogP contribution in [0.2, 0.25) is 0 Å². The minimum Gasteiger partial charge on any atom is -0.353 e. The van der Waals surface area contributed by atoms with Gasteiger partial charge < -0.3 is 11.1 Å². The van der Waals surface area contributed by atoms with Gasteiger partial charge in [-0.15, -0.1) is 0 Å². The fraction of sp³-hybridized carbons (Fsp3) is 0.409. The molecule has 0 saturated heterocycles. The largest absolute Gasteiger partial charge is 0.353 e. The highest BCUT2D eigenvalue weighted by Crippen LogP contribution is 2.29. The van der Waals surface area contributed by atoms with Crippen molar-refractivity contribution >= 4 is 5.91 Å². The summed E-state index contributed by atoms with van der Waals surface area (Å²) in [5.41, 5.74) is 8.67. The van der Waals surface area contributed by atoms with E-state index in [0.29, 0.717) is 5.92 Å². The molecule has 132 valence electrons. The first-order valence-electron chi connectivity index (χ1n) is 9.30. The predicted molar refractivity (Wildman–Crippen MR) is 102 cm³/mol. The average molecular weight is 336 g/mol. The minimum absolute atomic E-state index is 0.0707. The van der Waals surface area contributed by atoms with Crippen LogP contribution in [-0.2, 0) is 11.2 Å². The van der Waals surface area contributed by atoms with Crippen LogP contribution in [0.4, 0.5) is 0 Å². The van der Waals surface area contributed by atoms with Crippen molar-refractivity contribution in [1.82, 2.24) is 5.32 Å². The summed E-state index contributed by atoms with van der Waals surface area (Å²) in [4.78, 5) is 12.7. The second kappa shape index (κ2) is 8.30. The van der Waals surface area contributed by atoms with E-state index in [1.807, 2.05) is 43.3 Å². The van der Waals surface area contributed by atoms with Crippen LogP contribution >= 0.6 is 0 Å². The van der Waals surface area contributed by atoms with E-state index >= 15 is 0 Å². The summed E-state index contributed by atoms with van der Waals surface area (Å²) in [6, 6.07) is 20.4. The van der Waals surface area contributed by atoms with Crippen LogP contribution in [0.15, 0.2) is 60.7 Å².